The summed E-state index contributed by atoms with van der Waals surface area (Å²) in [5.41, 5.74) is 1.49. The number of nitrogens with one attached hydrogen (secondary N) is 1. The monoisotopic (exact) mass is 391 g/mol. The van der Waals surface area contributed by atoms with E-state index in [1.54, 1.807) is 18.5 Å². The normalized spacial score (nSPS) is 18.6. The highest BCUT2D eigenvalue weighted by Gasteiger charge is 2.40. The number of β-amino-alcohol motifs (C(OH)–C–C–N with tert-alkyl or cyclic N) is 1. The van der Waals surface area contributed by atoms with Crippen LogP contribution >= 0.6 is 0 Å². The summed E-state index contributed by atoms with van der Waals surface area (Å²) in [7, 11) is 0. The van der Waals surface area contributed by atoms with Gasteiger partial charge in [-0.2, -0.15) is 0 Å². The SMILES string of the molecule is O=C(Nc1cccc2cnccc12)[C@@H]1C[C@@H](O)CN1C(=O)OCc1ccccc1. The highest BCUT2D eigenvalue weighted by Crippen LogP contribution is 2.25. The summed E-state index contributed by atoms with van der Waals surface area (Å²) in [6.45, 7) is 0.169. The Morgan fingerprint density at radius 3 is 2.79 bits per heavy atom. The van der Waals surface area contributed by atoms with Crippen LogP contribution in [-0.2, 0) is 16.1 Å². The maximum absolute atomic E-state index is 12.9. The number of hydrogen-bond acceptors (Lipinski definition) is 5. The Balaban J connectivity index is 1.47. The summed E-state index contributed by atoms with van der Waals surface area (Å²) in [5.74, 6) is -0.359. The first-order chi connectivity index (χ1) is 14.1. The highest BCUT2D eigenvalue weighted by molar-refractivity contribution is 6.04. The lowest BCUT2D eigenvalue weighted by Gasteiger charge is -2.23. The van der Waals surface area contributed by atoms with E-state index in [0.29, 0.717) is 5.69 Å². The number of hydrogen-bond donors (Lipinski definition) is 2. The molecule has 0 spiro atoms. The molecule has 7 nitrogen and oxygen atoms in total. The molecule has 1 fully saturated rings. The third-order valence-electron chi connectivity index (χ3n) is 4.96. The Labute approximate surface area is 167 Å². The summed E-state index contributed by atoms with van der Waals surface area (Å²) in [4.78, 5) is 30.8. The van der Waals surface area contributed by atoms with Gasteiger partial charge in [-0.3, -0.25) is 14.7 Å². The van der Waals surface area contributed by atoms with Gasteiger partial charge in [0.15, 0.2) is 0 Å². The lowest BCUT2D eigenvalue weighted by atomic mass is 10.1. The van der Waals surface area contributed by atoms with Gasteiger partial charge in [0.05, 0.1) is 12.6 Å². The van der Waals surface area contributed by atoms with E-state index < -0.39 is 18.2 Å². The van der Waals surface area contributed by atoms with E-state index >= 15 is 0 Å². The summed E-state index contributed by atoms with van der Waals surface area (Å²) < 4.78 is 5.35. The van der Waals surface area contributed by atoms with Crippen LogP contribution in [0.2, 0.25) is 0 Å². The van der Waals surface area contributed by atoms with Gasteiger partial charge in [-0.15, -0.1) is 0 Å². The molecule has 2 N–H and O–H groups in total. The first-order valence-electron chi connectivity index (χ1n) is 9.41. The fraction of sp³-hybridized carbons (Fsp3) is 0.227. The van der Waals surface area contributed by atoms with Gasteiger partial charge < -0.3 is 15.2 Å². The number of aliphatic hydroxyl groups is 1. The molecule has 1 aliphatic heterocycles. The number of carbonyl (C=O) groups is 2. The number of anilines is 1. The predicted molar refractivity (Wildman–Crippen MR) is 108 cm³/mol. The molecule has 0 aliphatic carbocycles. The molecular weight excluding hydrogens is 370 g/mol. The van der Waals surface area contributed by atoms with Crippen LogP contribution in [0.5, 0.6) is 0 Å². The van der Waals surface area contributed by atoms with Gasteiger partial charge in [0.1, 0.15) is 12.6 Å². The van der Waals surface area contributed by atoms with Crippen LogP contribution in [0.4, 0.5) is 10.5 Å². The molecule has 1 aromatic heterocycles. The van der Waals surface area contributed by atoms with Crippen molar-refractivity contribution in [1.82, 2.24) is 9.88 Å². The standard InChI is InChI=1S/C22H21N3O4/c26-17-11-20(25(13-17)22(28)29-14-15-5-2-1-3-6-15)21(27)24-19-8-4-7-16-12-23-10-9-18(16)19/h1-10,12,17,20,26H,11,13-14H2,(H,24,27)/t17-,20+/m1/s1. The van der Waals surface area contributed by atoms with Crippen LogP contribution in [0.25, 0.3) is 10.8 Å². The van der Waals surface area contributed by atoms with Crippen molar-refractivity contribution in [3.05, 3.63) is 72.6 Å². The molecule has 1 saturated heterocycles. The first kappa shape index (κ1) is 18.9. The Morgan fingerprint density at radius 1 is 1.14 bits per heavy atom. The van der Waals surface area contributed by atoms with Crippen molar-refractivity contribution in [3.63, 3.8) is 0 Å². The van der Waals surface area contributed by atoms with Crippen molar-refractivity contribution in [3.8, 4) is 0 Å². The van der Waals surface area contributed by atoms with Gasteiger partial charge in [0.2, 0.25) is 5.91 Å². The van der Waals surface area contributed by atoms with Gasteiger partial charge in [-0.05, 0) is 17.7 Å². The average Bonchev–Trinajstić information content (AvgIpc) is 3.15. The molecule has 29 heavy (non-hydrogen) atoms. The summed E-state index contributed by atoms with van der Waals surface area (Å²) in [6.07, 6.45) is 2.15. The fourth-order valence-electron chi connectivity index (χ4n) is 3.51. The molecule has 2 heterocycles. The smallest absolute Gasteiger partial charge is 0.410 e. The molecule has 7 heteroatoms. The predicted octanol–water partition coefficient (Wildman–Crippen LogP) is 2.95. The average molecular weight is 391 g/mol. The zero-order valence-electron chi connectivity index (χ0n) is 15.7. The Hall–Kier alpha value is -3.45. The number of carbonyl (C=O) groups excluding carboxylic acids is 2. The number of aromatic nitrogens is 1. The zero-order chi connectivity index (χ0) is 20.2. The third-order valence-corrected chi connectivity index (χ3v) is 4.96. The number of amides is 2. The minimum Gasteiger partial charge on any atom is -0.445 e. The van der Waals surface area contributed by atoms with Gasteiger partial charge in [-0.25, -0.2) is 4.79 Å². The molecule has 3 aromatic rings. The number of benzene rings is 2. The largest absolute Gasteiger partial charge is 0.445 e. The van der Waals surface area contributed by atoms with Crippen LogP contribution in [0.15, 0.2) is 67.0 Å². The van der Waals surface area contributed by atoms with E-state index in [1.807, 2.05) is 48.5 Å². The second-order valence-corrected chi connectivity index (χ2v) is 6.99. The topological polar surface area (TPSA) is 91.8 Å². The van der Waals surface area contributed by atoms with Crippen molar-refractivity contribution >= 4 is 28.5 Å². The summed E-state index contributed by atoms with van der Waals surface area (Å²) in [5, 5.41) is 14.7. The fourth-order valence-corrected chi connectivity index (χ4v) is 3.51. The Morgan fingerprint density at radius 2 is 1.97 bits per heavy atom. The molecule has 0 radical (unpaired) electrons. The number of ether oxygens (including phenoxy) is 1. The summed E-state index contributed by atoms with van der Waals surface area (Å²) in [6, 6.07) is 15.9. The van der Waals surface area contributed by atoms with Gasteiger partial charge >= 0.3 is 6.09 Å². The van der Waals surface area contributed by atoms with Crippen molar-refractivity contribution in [1.29, 1.82) is 0 Å². The molecule has 2 amide bonds. The number of nitrogens with zero attached hydrogens (tertiary/aromatic N) is 2. The first-order valence-corrected chi connectivity index (χ1v) is 9.41. The van der Waals surface area contributed by atoms with E-state index in [2.05, 4.69) is 10.3 Å². The Bertz CT molecular complexity index is 1020. The molecular formula is C22H21N3O4. The third kappa shape index (κ3) is 4.20. The number of fused-ring (bicyclic) bond motifs is 1. The van der Waals surface area contributed by atoms with E-state index in [-0.39, 0.29) is 25.5 Å². The Kier molecular flexibility index (Phi) is 5.39. The molecule has 148 valence electrons. The van der Waals surface area contributed by atoms with E-state index in [9.17, 15) is 14.7 Å². The molecule has 2 aromatic carbocycles. The van der Waals surface area contributed by atoms with E-state index in [1.165, 1.54) is 4.90 Å². The van der Waals surface area contributed by atoms with Crippen LogP contribution in [0.1, 0.15) is 12.0 Å². The molecule has 0 bridgehead atoms. The second-order valence-electron chi connectivity index (χ2n) is 6.99. The van der Waals surface area contributed by atoms with Crippen molar-refractivity contribution < 1.29 is 19.4 Å². The molecule has 2 atom stereocenters. The van der Waals surface area contributed by atoms with Gasteiger partial charge in [0, 0.05) is 35.3 Å². The maximum Gasteiger partial charge on any atom is 0.410 e. The van der Waals surface area contributed by atoms with E-state index in [0.717, 1.165) is 16.3 Å². The maximum atomic E-state index is 12.9. The number of likely N-dealkylation sites (tertiary alicyclic amines) is 1. The highest BCUT2D eigenvalue weighted by atomic mass is 16.6. The summed E-state index contributed by atoms with van der Waals surface area (Å²) >= 11 is 0. The van der Waals surface area contributed by atoms with Crippen molar-refractivity contribution in [2.75, 3.05) is 11.9 Å². The zero-order valence-corrected chi connectivity index (χ0v) is 15.7. The number of aliphatic hydroxyl groups excluding tert-OH is 1. The minimum absolute atomic E-state index is 0.0607. The molecule has 0 saturated carbocycles. The van der Waals surface area contributed by atoms with Gasteiger partial charge in [0.25, 0.3) is 0 Å². The van der Waals surface area contributed by atoms with Crippen LogP contribution in [-0.4, -0.2) is 45.7 Å². The van der Waals surface area contributed by atoms with Crippen LogP contribution in [0.3, 0.4) is 0 Å². The quantitative estimate of drug-likeness (QED) is 0.713. The number of pyridine rings is 1. The second kappa shape index (κ2) is 8.28. The van der Waals surface area contributed by atoms with Crippen molar-refractivity contribution in [2.45, 2.75) is 25.2 Å². The van der Waals surface area contributed by atoms with Crippen molar-refractivity contribution in [2.24, 2.45) is 0 Å². The number of rotatable bonds is 4. The van der Waals surface area contributed by atoms with E-state index in [4.69, 9.17) is 4.74 Å². The van der Waals surface area contributed by atoms with Crippen LogP contribution < -0.4 is 5.32 Å². The molecule has 4 rings (SSSR count). The lowest BCUT2D eigenvalue weighted by molar-refractivity contribution is -0.120. The van der Waals surface area contributed by atoms with Crippen LogP contribution in [0, 0.1) is 0 Å². The lowest BCUT2D eigenvalue weighted by Crippen LogP contribution is -2.43. The molecule has 1 aliphatic rings. The molecule has 0 unspecified atom stereocenters. The minimum atomic E-state index is -0.801. The van der Waals surface area contributed by atoms with Gasteiger partial charge in [-0.1, -0.05) is 42.5 Å².